The molecule has 0 saturated heterocycles. The quantitative estimate of drug-likeness (QED) is 0.177. The topological polar surface area (TPSA) is 70.1 Å². The molecular weight excluding hydrogens is 763 g/mol. The van der Waals surface area contributed by atoms with E-state index in [-0.39, 0.29) is 0 Å². The van der Waals surface area contributed by atoms with Crippen molar-refractivity contribution in [2.75, 3.05) is 0 Å². The summed E-state index contributed by atoms with van der Waals surface area (Å²) in [5.41, 5.74) is 13.6. The van der Waals surface area contributed by atoms with Gasteiger partial charge >= 0.3 is 0 Å². The summed E-state index contributed by atoms with van der Waals surface area (Å²) in [5.74, 6) is 0.555. The molecule has 0 unspecified atom stereocenters. The second-order valence-electron chi connectivity index (χ2n) is 16.0. The van der Waals surface area contributed by atoms with Crippen LogP contribution >= 0.6 is 0 Å². The number of fused-ring (bicyclic) bond motifs is 15. The molecule has 0 bridgehead atoms. The zero-order valence-electron chi connectivity index (χ0n) is 33.0. The van der Waals surface area contributed by atoms with E-state index in [0.717, 1.165) is 126 Å². The fourth-order valence-corrected chi connectivity index (χ4v) is 9.87. The summed E-state index contributed by atoms with van der Waals surface area (Å²) >= 11 is 0. The van der Waals surface area contributed by atoms with Gasteiger partial charge in [0.25, 0.3) is 0 Å². The van der Waals surface area contributed by atoms with Crippen LogP contribution in [0.2, 0.25) is 0 Å². The van der Waals surface area contributed by atoms with E-state index in [1.54, 1.807) is 0 Å². The highest BCUT2D eigenvalue weighted by molar-refractivity contribution is 6.29. The lowest BCUT2D eigenvalue weighted by atomic mass is 9.93. The Labute approximate surface area is 352 Å². The molecule has 5 aromatic heterocycles. The van der Waals surface area contributed by atoms with Gasteiger partial charge in [-0.1, -0.05) is 146 Å². The lowest BCUT2D eigenvalue weighted by Gasteiger charge is -2.10. The van der Waals surface area contributed by atoms with Crippen molar-refractivity contribution in [2.45, 2.75) is 0 Å². The van der Waals surface area contributed by atoms with Gasteiger partial charge in [0.1, 0.15) is 39.1 Å². The van der Waals surface area contributed by atoms with Crippen LogP contribution in [0, 0.1) is 0 Å². The van der Waals surface area contributed by atoms with Crippen molar-refractivity contribution < 1.29 is 13.3 Å². The molecule has 6 nitrogen and oxygen atoms in total. The number of aromatic nitrogens is 3. The second kappa shape index (κ2) is 12.5. The van der Waals surface area contributed by atoms with E-state index in [1.807, 2.05) is 36.4 Å². The summed E-state index contributed by atoms with van der Waals surface area (Å²) in [5, 5.41) is 9.60. The van der Waals surface area contributed by atoms with Gasteiger partial charge in [-0.3, -0.25) is 4.57 Å². The fraction of sp³-hybridized carbons (Fsp3) is 0. The van der Waals surface area contributed by atoms with Crippen molar-refractivity contribution in [3.05, 3.63) is 188 Å². The Bertz CT molecular complexity index is 4150. The van der Waals surface area contributed by atoms with Crippen molar-refractivity contribution in [3.63, 3.8) is 0 Å². The number of nitrogens with zero attached hydrogens (tertiary/aromatic N) is 3. The van der Waals surface area contributed by atoms with Gasteiger partial charge in [0.05, 0.1) is 16.4 Å². The van der Waals surface area contributed by atoms with E-state index in [0.29, 0.717) is 11.5 Å². The summed E-state index contributed by atoms with van der Waals surface area (Å²) in [6.07, 6.45) is 0. The Morgan fingerprint density at radius 1 is 0.339 bits per heavy atom. The van der Waals surface area contributed by atoms with E-state index >= 15 is 0 Å². The van der Waals surface area contributed by atoms with Gasteiger partial charge in [-0.25, -0.2) is 9.97 Å². The van der Waals surface area contributed by atoms with Crippen LogP contribution < -0.4 is 0 Å². The monoisotopic (exact) mass is 793 g/mol. The summed E-state index contributed by atoms with van der Waals surface area (Å²) in [7, 11) is 0. The summed E-state index contributed by atoms with van der Waals surface area (Å²) in [6, 6.07) is 65.3. The zero-order valence-corrected chi connectivity index (χ0v) is 33.0. The molecule has 0 aliphatic carbocycles. The lowest BCUT2D eigenvalue weighted by Crippen LogP contribution is -2.02. The molecule has 0 atom stereocenters. The Morgan fingerprint density at radius 3 is 1.81 bits per heavy atom. The van der Waals surface area contributed by atoms with Gasteiger partial charge in [-0.15, -0.1) is 0 Å². The smallest absolute Gasteiger partial charge is 0.236 e. The first kappa shape index (κ1) is 33.4. The van der Waals surface area contributed by atoms with Crippen molar-refractivity contribution in [3.8, 4) is 39.5 Å². The molecule has 0 aliphatic rings. The largest absolute Gasteiger partial charge is 0.455 e. The minimum absolute atomic E-state index is 0.555. The maximum absolute atomic E-state index is 7.12. The van der Waals surface area contributed by atoms with E-state index < -0.39 is 0 Å². The predicted molar refractivity (Wildman–Crippen MR) is 252 cm³/mol. The lowest BCUT2D eigenvalue weighted by molar-refractivity contribution is 0.666. The van der Waals surface area contributed by atoms with Crippen LogP contribution in [0.1, 0.15) is 0 Å². The molecule has 0 N–H and O–H groups in total. The molecule has 0 amide bonds. The molecule has 0 radical (unpaired) electrons. The number of benzene rings is 9. The minimum atomic E-state index is 0.555. The van der Waals surface area contributed by atoms with E-state index in [4.69, 9.17) is 23.2 Å². The van der Waals surface area contributed by atoms with Crippen LogP contribution in [0.15, 0.2) is 201 Å². The Hall–Kier alpha value is -8.48. The fourth-order valence-electron chi connectivity index (χ4n) is 9.87. The van der Waals surface area contributed by atoms with E-state index in [9.17, 15) is 0 Å². The third-order valence-electron chi connectivity index (χ3n) is 12.6. The number of hydrogen-bond donors (Lipinski definition) is 0. The molecule has 5 heterocycles. The molecule has 14 aromatic rings. The van der Waals surface area contributed by atoms with Crippen LogP contribution in [0.4, 0.5) is 0 Å². The van der Waals surface area contributed by atoms with Crippen molar-refractivity contribution in [1.82, 2.24) is 14.5 Å². The third-order valence-corrected chi connectivity index (χ3v) is 12.6. The van der Waals surface area contributed by atoms with Crippen molar-refractivity contribution in [1.29, 1.82) is 0 Å². The predicted octanol–water partition coefficient (Wildman–Crippen LogP) is 15.4. The van der Waals surface area contributed by atoms with Crippen LogP contribution in [0.25, 0.3) is 138 Å². The van der Waals surface area contributed by atoms with Crippen LogP contribution in [-0.4, -0.2) is 14.5 Å². The zero-order chi connectivity index (χ0) is 40.5. The number of hydrogen-bond acceptors (Lipinski definition) is 5. The van der Waals surface area contributed by atoms with Crippen LogP contribution in [-0.2, 0) is 0 Å². The van der Waals surface area contributed by atoms with Gasteiger partial charge in [0.15, 0.2) is 5.58 Å². The van der Waals surface area contributed by atoms with Gasteiger partial charge < -0.3 is 13.3 Å². The Morgan fingerprint density at radius 2 is 0.968 bits per heavy atom. The Kier molecular flexibility index (Phi) is 6.74. The molecule has 0 fully saturated rings. The van der Waals surface area contributed by atoms with E-state index in [1.165, 1.54) is 0 Å². The van der Waals surface area contributed by atoms with Crippen molar-refractivity contribution >= 4 is 98.5 Å². The average molecular weight is 794 g/mol. The van der Waals surface area contributed by atoms with Crippen LogP contribution in [0.3, 0.4) is 0 Å². The molecule has 6 heteroatoms. The average Bonchev–Trinajstić information content (AvgIpc) is 4.10. The summed E-state index contributed by atoms with van der Waals surface area (Å²) in [4.78, 5) is 10.7. The maximum atomic E-state index is 7.12. The van der Waals surface area contributed by atoms with Gasteiger partial charge in [-0.2, -0.15) is 0 Å². The first-order valence-corrected chi connectivity index (χ1v) is 20.8. The molecule has 288 valence electrons. The highest BCUT2D eigenvalue weighted by atomic mass is 16.3. The van der Waals surface area contributed by atoms with Crippen molar-refractivity contribution in [2.24, 2.45) is 0 Å². The van der Waals surface area contributed by atoms with Gasteiger partial charge in [0, 0.05) is 43.4 Å². The SMILES string of the molecule is c1ccc(-c2ccc(-c3nc(-n4c5ccccc5c5c6oc7cc(-c8cccc9c8oc8ccccc89)c8ccccc8c7c6ccc54)nc4c3oc3ccccc34)cc2)cc1. The number of furan rings is 3. The number of para-hydroxylation sites is 4. The highest BCUT2D eigenvalue weighted by Gasteiger charge is 2.25. The highest BCUT2D eigenvalue weighted by Crippen LogP contribution is 2.46. The number of rotatable bonds is 4. The molecule has 9 aromatic carbocycles. The minimum Gasteiger partial charge on any atom is -0.455 e. The van der Waals surface area contributed by atoms with Crippen LogP contribution in [0.5, 0.6) is 0 Å². The first-order valence-electron chi connectivity index (χ1n) is 20.8. The summed E-state index contributed by atoms with van der Waals surface area (Å²) < 4.78 is 22.4. The van der Waals surface area contributed by atoms with Gasteiger partial charge in [0.2, 0.25) is 5.95 Å². The third kappa shape index (κ3) is 4.63. The molecule has 62 heavy (non-hydrogen) atoms. The molecule has 0 saturated carbocycles. The standard InChI is InChI=1S/C56H31N3O3/c1-2-13-32(14-3-1)33-25-27-34(28-26-33)51-55-52(41-19-8-11-24-47(41)61-55)58-56(57-51)59-44-22-9-6-18-40(44)50-45(59)30-29-42-49-37-17-5-4-15-35(37)43(31-48(49)62-54(42)50)39-21-12-20-38-36-16-7-10-23-46(36)60-53(38)39/h1-31H. The van der Waals surface area contributed by atoms with Gasteiger partial charge in [-0.05, 0) is 69.9 Å². The maximum Gasteiger partial charge on any atom is 0.236 e. The molecular formula is C56H31N3O3. The normalized spacial score (nSPS) is 12.2. The Balaban J connectivity index is 1.03. The summed E-state index contributed by atoms with van der Waals surface area (Å²) in [6.45, 7) is 0. The van der Waals surface area contributed by atoms with E-state index in [2.05, 4.69) is 156 Å². The molecule has 0 aliphatic heterocycles. The molecule has 0 spiro atoms. The molecule has 14 rings (SSSR count). The first-order chi connectivity index (χ1) is 30.7. The second-order valence-corrected chi connectivity index (χ2v) is 16.0.